The van der Waals surface area contributed by atoms with Gasteiger partial charge in [-0.3, -0.25) is 0 Å². The quantitative estimate of drug-likeness (QED) is 0.799. The number of aromatic hydroxyl groups is 1. The molecule has 19 heavy (non-hydrogen) atoms. The number of phenols is 1. The summed E-state index contributed by atoms with van der Waals surface area (Å²) in [6.07, 6.45) is 2.06. The van der Waals surface area contributed by atoms with Crippen LogP contribution in [-0.4, -0.2) is 11.4 Å². The van der Waals surface area contributed by atoms with Crippen LogP contribution in [0.3, 0.4) is 0 Å². The van der Waals surface area contributed by atoms with Gasteiger partial charge in [0.2, 0.25) is 0 Å². The van der Waals surface area contributed by atoms with Crippen molar-refractivity contribution in [3.05, 3.63) is 53.6 Å². The Morgan fingerprint density at radius 3 is 2.68 bits per heavy atom. The van der Waals surface area contributed by atoms with Gasteiger partial charge in [0, 0.05) is 16.1 Å². The van der Waals surface area contributed by atoms with E-state index < -0.39 is 0 Å². The Morgan fingerprint density at radius 2 is 1.95 bits per heavy atom. The fraction of sp³-hybridized carbons (Fsp3) is 0.250. The van der Waals surface area contributed by atoms with Crippen molar-refractivity contribution in [2.75, 3.05) is 11.6 Å². The van der Waals surface area contributed by atoms with Crippen molar-refractivity contribution in [3.8, 4) is 5.75 Å². The summed E-state index contributed by atoms with van der Waals surface area (Å²) in [5.41, 5.74) is 3.15. The highest BCUT2D eigenvalue weighted by Gasteiger charge is 2.10. The number of hydrogen-bond acceptors (Lipinski definition) is 3. The second kappa shape index (κ2) is 6.02. The fourth-order valence-corrected chi connectivity index (χ4v) is 2.52. The standard InChI is InChI=1S/C16H19NOS/c1-11-7-8-16(18)15(9-11)12(2)17-13-5-4-6-14(10-13)19-3/h4-10,12,17-18H,1-3H3. The molecule has 0 radical (unpaired) electrons. The Bertz CT molecular complexity index is 568. The van der Waals surface area contributed by atoms with E-state index in [2.05, 4.69) is 30.6 Å². The molecule has 0 bridgehead atoms. The van der Waals surface area contributed by atoms with E-state index in [0.29, 0.717) is 5.75 Å². The molecule has 0 saturated heterocycles. The highest BCUT2D eigenvalue weighted by Crippen LogP contribution is 2.28. The smallest absolute Gasteiger partial charge is 0.120 e. The molecular weight excluding hydrogens is 254 g/mol. The Labute approximate surface area is 118 Å². The SMILES string of the molecule is CSc1cccc(NC(C)c2cc(C)ccc2O)c1. The minimum atomic E-state index is 0.0667. The molecule has 0 saturated carbocycles. The number of benzene rings is 2. The summed E-state index contributed by atoms with van der Waals surface area (Å²) in [7, 11) is 0. The molecule has 2 aromatic rings. The molecule has 0 aliphatic carbocycles. The summed E-state index contributed by atoms with van der Waals surface area (Å²) < 4.78 is 0. The topological polar surface area (TPSA) is 32.3 Å². The molecule has 1 unspecified atom stereocenters. The van der Waals surface area contributed by atoms with Gasteiger partial charge < -0.3 is 10.4 Å². The summed E-state index contributed by atoms with van der Waals surface area (Å²) >= 11 is 1.72. The number of aryl methyl sites for hydroxylation is 1. The molecule has 0 heterocycles. The van der Waals surface area contributed by atoms with E-state index in [9.17, 15) is 5.11 Å². The lowest BCUT2D eigenvalue weighted by atomic mass is 10.0. The van der Waals surface area contributed by atoms with Gasteiger partial charge in [-0.2, -0.15) is 0 Å². The summed E-state index contributed by atoms with van der Waals surface area (Å²) in [4.78, 5) is 1.23. The van der Waals surface area contributed by atoms with Crippen LogP contribution in [0.5, 0.6) is 5.75 Å². The van der Waals surface area contributed by atoms with Crippen LogP contribution in [0.4, 0.5) is 5.69 Å². The molecule has 2 rings (SSSR count). The van der Waals surface area contributed by atoms with Gasteiger partial charge in [0.05, 0.1) is 6.04 Å². The van der Waals surface area contributed by atoms with E-state index in [4.69, 9.17) is 0 Å². The van der Waals surface area contributed by atoms with Crippen LogP contribution in [0.1, 0.15) is 24.1 Å². The van der Waals surface area contributed by atoms with Crippen LogP contribution >= 0.6 is 11.8 Å². The first-order chi connectivity index (χ1) is 9.10. The van der Waals surface area contributed by atoms with Crippen molar-refractivity contribution in [2.24, 2.45) is 0 Å². The normalized spacial score (nSPS) is 12.2. The molecule has 0 aromatic heterocycles. The zero-order valence-electron chi connectivity index (χ0n) is 11.5. The van der Waals surface area contributed by atoms with E-state index in [-0.39, 0.29) is 6.04 Å². The third-order valence-corrected chi connectivity index (χ3v) is 3.83. The van der Waals surface area contributed by atoms with E-state index in [1.54, 1.807) is 17.8 Å². The molecule has 0 spiro atoms. The van der Waals surface area contributed by atoms with Crippen molar-refractivity contribution < 1.29 is 5.11 Å². The van der Waals surface area contributed by atoms with Crippen molar-refractivity contribution in [3.63, 3.8) is 0 Å². The Morgan fingerprint density at radius 1 is 1.16 bits per heavy atom. The molecule has 1 atom stereocenters. The maximum Gasteiger partial charge on any atom is 0.120 e. The van der Waals surface area contributed by atoms with Crippen LogP contribution in [-0.2, 0) is 0 Å². The number of anilines is 1. The van der Waals surface area contributed by atoms with E-state index >= 15 is 0 Å². The zero-order valence-corrected chi connectivity index (χ0v) is 12.3. The third-order valence-electron chi connectivity index (χ3n) is 3.10. The van der Waals surface area contributed by atoms with Crippen LogP contribution in [0.2, 0.25) is 0 Å². The molecule has 0 aliphatic heterocycles. The summed E-state index contributed by atoms with van der Waals surface area (Å²) in [6.45, 7) is 4.09. The first-order valence-corrected chi connectivity index (χ1v) is 7.52. The maximum atomic E-state index is 9.94. The second-order valence-corrected chi connectivity index (χ2v) is 5.54. The first kappa shape index (κ1) is 13.8. The predicted molar refractivity (Wildman–Crippen MR) is 83.1 cm³/mol. The van der Waals surface area contributed by atoms with Crippen LogP contribution in [0.15, 0.2) is 47.4 Å². The highest BCUT2D eigenvalue weighted by atomic mass is 32.2. The molecule has 2 aromatic carbocycles. The fourth-order valence-electron chi connectivity index (χ4n) is 2.06. The lowest BCUT2D eigenvalue weighted by Crippen LogP contribution is -2.07. The lowest BCUT2D eigenvalue weighted by molar-refractivity contribution is 0.465. The van der Waals surface area contributed by atoms with Crippen molar-refractivity contribution in [1.82, 2.24) is 0 Å². The first-order valence-electron chi connectivity index (χ1n) is 6.30. The molecule has 3 heteroatoms. The van der Waals surface area contributed by atoms with Crippen molar-refractivity contribution >= 4 is 17.4 Å². The number of thioether (sulfide) groups is 1. The van der Waals surface area contributed by atoms with Gasteiger partial charge in [-0.25, -0.2) is 0 Å². The summed E-state index contributed by atoms with van der Waals surface area (Å²) in [5.74, 6) is 0.339. The molecule has 2 nitrogen and oxygen atoms in total. The Balaban J connectivity index is 2.20. The molecule has 2 N–H and O–H groups in total. The third kappa shape index (κ3) is 3.44. The average Bonchev–Trinajstić information content (AvgIpc) is 2.41. The predicted octanol–water partition coefficient (Wildman–Crippen LogP) is 4.60. The summed E-state index contributed by atoms with van der Waals surface area (Å²) in [6, 6.07) is 14.0. The zero-order chi connectivity index (χ0) is 13.8. The van der Waals surface area contributed by atoms with Crippen LogP contribution in [0.25, 0.3) is 0 Å². The number of nitrogens with one attached hydrogen (secondary N) is 1. The number of hydrogen-bond donors (Lipinski definition) is 2. The minimum Gasteiger partial charge on any atom is -0.508 e. The van der Waals surface area contributed by atoms with Gasteiger partial charge in [-0.15, -0.1) is 11.8 Å². The number of rotatable bonds is 4. The average molecular weight is 273 g/mol. The van der Waals surface area contributed by atoms with E-state index in [1.807, 2.05) is 31.2 Å². The molecule has 0 amide bonds. The van der Waals surface area contributed by atoms with Gasteiger partial charge in [0.25, 0.3) is 0 Å². The Kier molecular flexibility index (Phi) is 4.38. The van der Waals surface area contributed by atoms with E-state index in [1.165, 1.54) is 4.90 Å². The highest BCUT2D eigenvalue weighted by molar-refractivity contribution is 7.98. The van der Waals surface area contributed by atoms with E-state index in [0.717, 1.165) is 16.8 Å². The van der Waals surface area contributed by atoms with Crippen molar-refractivity contribution in [2.45, 2.75) is 24.8 Å². The summed E-state index contributed by atoms with van der Waals surface area (Å²) in [5, 5.41) is 13.4. The molecule has 100 valence electrons. The van der Waals surface area contributed by atoms with Gasteiger partial charge in [0.1, 0.15) is 5.75 Å². The van der Waals surface area contributed by atoms with Gasteiger partial charge >= 0.3 is 0 Å². The molecular formula is C16H19NOS. The largest absolute Gasteiger partial charge is 0.508 e. The van der Waals surface area contributed by atoms with Gasteiger partial charge in [0.15, 0.2) is 0 Å². The second-order valence-electron chi connectivity index (χ2n) is 4.66. The lowest BCUT2D eigenvalue weighted by Gasteiger charge is -2.18. The number of phenolic OH excluding ortho intramolecular Hbond substituents is 1. The van der Waals surface area contributed by atoms with Crippen LogP contribution in [0, 0.1) is 6.92 Å². The molecule has 0 fully saturated rings. The minimum absolute atomic E-state index is 0.0667. The van der Waals surface area contributed by atoms with Gasteiger partial charge in [-0.05, 0) is 44.4 Å². The monoisotopic (exact) mass is 273 g/mol. The maximum absolute atomic E-state index is 9.94. The van der Waals surface area contributed by atoms with Crippen molar-refractivity contribution in [1.29, 1.82) is 0 Å². The van der Waals surface area contributed by atoms with Crippen LogP contribution < -0.4 is 5.32 Å². The van der Waals surface area contributed by atoms with Gasteiger partial charge in [-0.1, -0.05) is 23.8 Å². The Hall–Kier alpha value is -1.61. The molecule has 0 aliphatic rings.